The van der Waals surface area contributed by atoms with Crippen LogP contribution >= 0.6 is 0 Å². The topological polar surface area (TPSA) is 84.2 Å². The van der Waals surface area contributed by atoms with Crippen molar-refractivity contribution in [2.45, 2.75) is 6.54 Å². The highest BCUT2D eigenvalue weighted by Crippen LogP contribution is 2.28. The van der Waals surface area contributed by atoms with Gasteiger partial charge >= 0.3 is 0 Å². The summed E-state index contributed by atoms with van der Waals surface area (Å²) < 4.78 is 5.20. The number of hydrogen-bond donors (Lipinski definition) is 1. The Labute approximate surface area is 168 Å². The average molecular weight is 385 g/mol. The number of rotatable bonds is 6. The number of hydrogen-bond acceptors (Lipinski definition) is 6. The van der Waals surface area contributed by atoms with E-state index in [0.717, 1.165) is 22.5 Å². The summed E-state index contributed by atoms with van der Waals surface area (Å²) in [6, 6.07) is 13.3. The first-order chi connectivity index (χ1) is 14.2. The van der Waals surface area contributed by atoms with Gasteiger partial charge in [-0.1, -0.05) is 12.1 Å². The summed E-state index contributed by atoms with van der Waals surface area (Å²) in [5.74, 6) is 1.30. The summed E-state index contributed by atoms with van der Waals surface area (Å²) in [5.41, 5.74) is 3.59. The Kier molecular flexibility index (Phi) is 5.29. The molecule has 0 aliphatic heterocycles. The van der Waals surface area contributed by atoms with E-state index in [9.17, 15) is 4.79 Å². The van der Waals surface area contributed by atoms with Crippen LogP contribution in [0.4, 0.5) is 11.6 Å². The van der Waals surface area contributed by atoms with Crippen LogP contribution < -0.4 is 10.2 Å². The molecule has 0 radical (unpaired) electrons. The smallest absolute Gasteiger partial charge is 0.251 e. The van der Waals surface area contributed by atoms with Gasteiger partial charge in [0.15, 0.2) is 5.82 Å². The summed E-state index contributed by atoms with van der Waals surface area (Å²) in [5, 5.41) is 2.63. The van der Waals surface area contributed by atoms with Crippen LogP contribution in [-0.2, 0) is 6.54 Å². The SMILES string of the molecule is CNC(=O)c1ccc(CN(c2cnccn2)c2cc(-c3ccoc3)ccn2)cc1. The first kappa shape index (κ1) is 18.4. The normalized spacial score (nSPS) is 10.5. The second kappa shape index (κ2) is 8.35. The van der Waals surface area contributed by atoms with E-state index in [1.165, 1.54) is 0 Å². The van der Waals surface area contributed by atoms with Crippen LogP contribution in [0.5, 0.6) is 0 Å². The highest BCUT2D eigenvalue weighted by Gasteiger charge is 2.15. The Balaban J connectivity index is 1.68. The minimum atomic E-state index is -0.114. The van der Waals surface area contributed by atoms with Crippen LogP contribution in [-0.4, -0.2) is 27.9 Å². The second-order valence-corrected chi connectivity index (χ2v) is 6.34. The summed E-state index contributed by atoms with van der Waals surface area (Å²) in [7, 11) is 1.62. The van der Waals surface area contributed by atoms with Gasteiger partial charge in [0.25, 0.3) is 5.91 Å². The van der Waals surface area contributed by atoms with Crippen LogP contribution in [0.15, 0.2) is 84.2 Å². The van der Waals surface area contributed by atoms with Crippen LogP contribution in [0.3, 0.4) is 0 Å². The molecule has 0 unspecified atom stereocenters. The third-order valence-corrected chi connectivity index (χ3v) is 4.49. The summed E-state index contributed by atoms with van der Waals surface area (Å²) in [6.45, 7) is 0.522. The molecule has 3 heterocycles. The molecule has 0 atom stereocenters. The van der Waals surface area contributed by atoms with Crippen LogP contribution in [0.25, 0.3) is 11.1 Å². The number of pyridine rings is 1. The maximum absolute atomic E-state index is 11.8. The fourth-order valence-electron chi connectivity index (χ4n) is 2.97. The zero-order valence-electron chi connectivity index (χ0n) is 15.8. The van der Waals surface area contributed by atoms with Gasteiger partial charge in [-0.25, -0.2) is 9.97 Å². The van der Waals surface area contributed by atoms with Crippen molar-refractivity contribution in [2.75, 3.05) is 11.9 Å². The predicted molar refractivity (Wildman–Crippen MR) is 110 cm³/mol. The van der Waals surface area contributed by atoms with Crippen LogP contribution in [0.2, 0.25) is 0 Å². The molecule has 0 spiro atoms. The minimum absolute atomic E-state index is 0.114. The molecule has 0 bridgehead atoms. The van der Waals surface area contributed by atoms with Gasteiger partial charge in [0.1, 0.15) is 5.82 Å². The molecule has 1 amide bonds. The maximum Gasteiger partial charge on any atom is 0.251 e. The molecule has 29 heavy (non-hydrogen) atoms. The number of furan rings is 1. The quantitative estimate of drug-likeness (QED) is 0.543. The molecule has 1 N–H and O–H groups in total. The number of amides is 1. The van der Waals surface area contributed by atoms with Crippen molar-refractivity contribution in [2.24, 2.45) is 0 Å². The van der Waals surface area contributed by atoms with E-state index in [0.29, 0.717) is 17.9 Å². The summed E-state index contributed by atoms with van der Waals surface area (Å²) >= 11 is 0. The highest BCUT2D eigenvalue weighted by atomic mass is 16.3. The number of nitrogens with zero attached hydrogens (tertiary/aromatic N) is 4. The Morgan fingerprint density at radius 1 is 1.00 bits per heavy atom. The first-order valence-electron chi connectivity index (χ1n) is 9.08. The lowest BCUT2D eigenvalue weighted by Crippen LogP contribution is -2.20. The number of nitrogens with one attached hydrogen (secondary N) is 1. The van der Waals surface area contributed by atoms with Gasteiger partial charge in [-0.2, -0.15) is 0 Å². The lowest BCUT2D eigenvalue weighted by atomic mass is 10.1. The van der Waals surface area contributed by atoms with Gasteiger partial charge in [0.2, 0.25) is 0 Å². The fourth-order valence-corrected chi connectivity index (χ4v) is 2.97. The molecule has 0 aliphatic carbocycles. The van der Waals surface area contributed by atoms with E-state index >= 15 is 0 Å². The van der Waals surface area contributed by atoms with Crippen molar-refractivity contribution in [3.63, 3.8) is 0 Å². The lowest BCUT2D eigenvalue weighted by molar-refractivity contribution is 0.0963. The molecule has 7 nitrogen and oxygen atoms in total. The third kappa shape index (κ3) is 4.14. The van der Waals surface area contributed by atoms with Crippen molar-refractivity contribution >= 4 is 17.5 Å². The average Bonchev–Trinajstić information content (AvgIpc) is 3.33. The first-order valence-corrected chi connectivity index (χ1v) is 9.08. The molecule has 0 saturated heterocycles. The van der Waals surface area contributed by atoms with Gasteiger partial charge < -0.3 is 14.6 Å². The fraction of sp³-hybridized carbons (Fsp3) is 0.0909. The number of anilines is 2. The molecule has 144 valence electrons. The van der Waals surface area contributed by atoms with Crippen molar-refractivity contribution in [3.05, 3.63) is 90.9 Å². The van der Waals surface area contributed by atoms with E-state index in [1.54, 1.807) is 56.5 Å². The monoisotopic (exact) mass is 385 g/mol. The van der Waals surface area contributed by atoms with Gasteiger partial charge in [-0.05, 0) is 41.5 Å². The summed E-state index contributed by atoms with van der Waals surface area (Å²) in [6.07, 6.45) is 10.1. The number of carbonyl (C=O) groups excluding carboxylic acids is 1. The molecule has 0 saturated carbocycles. The van der Waals surface area contributed by atoms with E-state index in [-0.39, 0.29) is 5.91 Å². The standard InChI is InChI=1S/C22H19N5O2/c1-23-22(28)17-4-2-16(3-5-17)14-27(21-13-24-9-10-26-21)20-12-18(6-8-25-20)19-7-11-29-15-19/h2-13,15H,14H2,1H3,(H,23,28). The van der Waals surface area contributed by atoms with Gasteiger partial charge in [0.05, 0.1) is 25.3 Å². The second-order valence-electron chi connectivity index (χ2n) is 6.34. The lowest BCUT2D eigenvalue weighted by Gasteiger charge is -2.23. The van der Waals surface area contributed by atoms with E-state index in [4.69, 9.17) is 4.42 Å². The number of benzene rings is 1. The van der Waals surface area contributed by atoms with Crippen molar-refractivity contribution < 1.29 is 9.21 Å². The Morgan fingerprint density at radius 3 is 2.52 bits per heavy atom. The molecule has 4 rings (SSSR count). The van der Waals surface area contributed by atoms with Crippen LogP contribution in [0.1, 0.15) is 15.9 Å². The zero-order valence-corrected chi connectivity index (χ0v) is 15.8. The Morgan fingerprint density at radius 2 is 1.83 bits per heavy atom. The molecule has 7 heteroatoms. The summed E-state index contributed by atoms with van der Waals surface area (Å²) in [4.78, 5) is 26.9. The van der Waals surface area contributed by atoms with E-state index in [1.807, 2.05) is 35.2 Å². The molecule has 0 aliphatic rings. The number of carbonyl (C=O) groups is 1. The van der Waals surface area contributed by atoms with E-state index in [2.05, 4.69) is 20.3 Å². The van der Waals surface area contributed by atoms with Gasteiger partial charge in [-0.3, -0.25) is 9.78 Å². The largest absolute Gasteiger partial charge is 0.472 e. The Bertz CT molecular complexity index is 1080. The van der Waals surface area contributed by atoms with Crippen molar-refractivity contribution in [1.82, 2.24) is 20.3 Å². The van der Waals surface area contributed by atoms with E-state index < -0.39 is 0 Å². The Hall–Kier alpha value is -4.00. The van der Waals surface area contributed by atoms with Crippen molar-refractivity contribution in [3.8, 4) is 11.1 Å². The maximum atomic E-state index is 11.8. The molecule has 3 aromatic heterocycles. The van der Waals surface area contributed by atoms with Gasteiger partial charge in [-0.15, -0.1) is 0 Å². The number of aromatic nitrogens is 3. The molecule has 4 aromatic rings. The zero-order chi connectivity index (χ0) is 20.1. The highest BCUT2D eigenvalue weighted by molar-refractivity contribution is 5.93. The molecule has 1 aromatic carbocycles. The predicted octanol–water partition coefficient (Wildman–Crippen LogP) is 3.83. The van der Waals surface area contributed by atoms with Crippen LogP contribution in [0, 0.1) is 0 Å². The molecule has 0 fully saturated rings. The third-order valence-electron chi connectivity index (χ3n) is 4.49. The molecular formula is C22H19N5O2. The molecular weight excluding hydrogens is 366 g/mol. The van der Waals surface area contributed by atoms with Gasteiger partial charge in [0, 0.05) is 36.8 Å². The minimum Gasteiger partial charge on any atom is -0.472 e. The van der Waals surface area contributed by atoms with Crippen molar-refractivity contribution in [1.29, 1.82) is 0 Å².